The van der Waals surface area contributed by atoms with Gasteiger partial charge >= 0.3 is 0 Å². The van der Waals surface area contributed by atoms with Crippen LogP contribution in [0, 0.1) is 16.0 Å². The number of nitro groups is 1. The molecule has 0 aliphatic carbocycles. The van der Waals surface area contributed by atoms with Gasteiger partial charge in [0.05, 0.1) is 11.5 Å². The van der Waals surface area contributed by atoms with Gasteiger partial charge in [0.15, 0.2) is 0 Å². The average Bonchev–Trinajstić information content (AvgIpc) is 2.95. The first kappa shape index (κ1) is 17.1. The number of hydrogen-bond donors (Lipinski definition) is 0. The van der Waals surface area contributed by atoms with Crippen LogP contribution in [0.3, 0.4) is 0 Å². The summed E-state index contributed by atoms with van der Waals surface area (Å²) in [4.78, 5) is 16.8. The zero-order chi connectivity index (χ0) is 17.0. The summed E-state index contributed by atoms with van der Waals surface area (Å²) in [7, 11) is 2.03. The van der Waals surface area contributed by atoms with Gasteiger partial charge in [0.1, 0.15) is 0 Å². The van der Waals surface area contributed by atoms with E-state index < -0.39 is 4.92 Å². The van der Waals surface area contributed by atoms with Crippen molar-refractivity contribution in [3.8, 4) is 11.4 Å². The number of non-ortho nitro benzene ring substituents is 1. The van der Waals surface area contributed by atoms with Crippen molar-refractivity contribution in [3.05, 3.63) is 40.3 Å². The van der Waals surface area contributed by atoms with E-state index in [0.717, 1.165) is 6.42 Å². The molecule has 0 bridgehead atoms. The Balaban J connectivity index is 2.04. The molecule has 0 aliphatic rings. The standard InChI is InChI=1S/C16H22N4O3/c1-11(2)9-12(3)19(4)10-15-17-16(18-23-15)13-5-7-14(8-6-13)20(21)22/h5-8,11-12H,9-10H2,1-4H3/t12-/m0/s1. The topological polar surface area (TPSA) is 85.3 Å². The summed E-state index contributed by atoms with van der Waals surface area (Å²) < 4.78 is 5.29. The van der Waals surface area contributed by atoms with Gasteiger partial charge < -0.3 is 4.52 Å². The molecule has 2 aromatic rings. The lowest BCUT2D eigenvalue weighted by atomic mass is 10.0. The van der Waals surface area contributed by atoms with Crippen molar-refractivity contribution in [2.75, 3.05) is 7.05 Å². The maximum absolute atomic E-state index is 10.7. The molecule has 0 unspecified atom stereocenters. The lowest BCUT2D eigenvalue weighted by Crippen LogP contribution is -2.29. The molecule has 1 aromatic carbocycles. The minimum Gasteiger partial charge on any atom is -0.338 e. The van der Waals surface area contributed by atoms with Crippen molar-refractivity contribution in [2.24, 2.45) is 5.92 Å². The summed E-state index contributed by atoms with van der Waals surface area (Å²) in [5, 5.41) is 14.6. The molecular weight excluding hydrogens is 296 g/mol. The first-order chi connectivity index (χ1) is 10.9. The third-order valence-electron chi connectivity index (χ3n) is 3.75. The van der Waals surface area contributed by atoms with Crippen LogP contribution < -0.4 is 0 Å². The summed E-state index contributed by atoms with van der Waals surface area (Å²) in [5.74, 6) is 1.61. The third kappa shape index (κ3) is 4.59. The van der Waals surface area contributed by atoms with E-state index in [9.17, 15) is 10.1 Å². The maximum atomic E-state index is 10.7. The summed E-state index contributed by atoms with van der Waals surface area (Å²) in [6.07, 6.45) is 1.10. The van der Waals surface area contributed by atoms with Crippen molar-refractivity contribution < 1.29 is 9.45 Å². The van der Waals surface area contributed by atoms with E-state index in [0.29, 0.717) is 35.8 Å². The molecule has 0 aliphatic heterocycles. The van der Waals surface area contributed by atoms with E-state index in [-0.39, 0.29) is 5.69 Å². The predicted octanol–water partition coefficient (Wildman–Crippen LogP) is 3.51. The van der Waals surface area contributed by atoms with Crippen LogP contribution >= 0.6 is 0 Å². The number of nitro benzene ring substituents is 1. The minimum atomic E-state index is -0.434. The highest BCUT2D eigenvalue weighted by Gasteiger charge is 2.16. The second-order valence-electron chi connectivity index (χ2n) is 6.21. The van der Waals surface area contributed by atoms with Crippen molar-refractivity contribution in [3.63, 3.8) is 0 Å². The molecule has 23 heavy (non-hydrogen) atoms. The molecule has 0 saturated heterocycles. The number of rotatable bonds is 7. The molecule has 7 nitrogen and oxygen atoms in total. The first-order valence-electron chi connectivity index (χ1n) is 7.64. The zero-order valence-electron chi connectivity index (χ0n) is 13.9. The average molecular weight is 318 g/mol. The molecule has 0 amide bonds. The van der Waals surface area contributed by atoms with E-state index in [1.54, 1.807) is 12.1 Å². The smallest absolute Gasteiger partial charge is 0.269 e. The molecule has 124 valence electrons. The van der Waals surface area contributed by atoms with Crippen LogP contribution in [0.5, 0.6) is 0 Å². The zero-order valence-corrected chi connectivity index (χ0v) is 13.9. The summed E-state index contributed by atoms with van der Waals surface area (Å²) in [6, 6.07) is 6.53. The van der Waals surface area contributed by atoms with Crippen molar-refractivity contribution in [1.29, 1.82) is 0 Å². The fraction of sp³-hybridized carbons (Fsp3) is 0.500. The second-order valence-corrected chi connectivity index (χ2v) is 6.21. The van der Waals surface area contributed by atoms with Crippen molar-refractivity contribution in [2.45, 2.75) is 39.8 Å². The van der Waals surface area contributed by atoms with E-state index in [1.807, 2.05) is 7.05 Å². The quantitative estimate of drug-likeness (QED) is 0.573. The highest BCUT2D eigenvalue weighted by atomic mass is 16.6. The first-order valence-corrected chi connectivity index (χ1v) is 7.64. The van der Waals surface area contributed by atoms with E-state index in [2.05, 4.69) is 35.8 Å². The molecule has 1 atom stereocenters. The molecule has 1 heterocycles. The Bertz CT molecular complexity index is 652. The van der Waals surface area contributed by atoms with E-state index in [1.165, 1.54) is 12.1 Å². The van der Waals surface area contributed by atoms with Gasteiger partial charge in [-0.15, -0.1) is 0 Å². The lowest BCUT2D eigenvalue weighted by Gasteiger charge is -2.24. The van der Waals surface area contributed by atoms with Gasteiger partial charge in [0.25, 0.3) is 5.69 Å². The predicted molar refractivity (Wildman–Crippen MR) is 86.8 cm³/mol. The van der Waals surface area contributed by atoms with Crippen molar-refractivity contribution in [1.82, 2.24) is 15.0 Å². The summed E-state index contributed by atoms with van der Waals surface area (Å²) >= 11 is 0. The normalized spacial score (nSPS) is 12.8. The van der Waals surface area contributed by atoms with Gasteiger partial charge in [-0.05, 0) is 38.4 Å². The van der Waals surface area contributed by atoms with Crippen LogP contribution in [0.1, 0.15) is 33.1 Å². The lowest BCUT2D eigenvalue weighted by molar-refractivity contribution is -0.384. The Morgan fingerprint density at radius 3 is 2.48 bits per heavy atom. The number of nitrogens with zero attached hydrogens (tertiary/aromatic N) is 4. The van der Waals surface area contributed by atoms with Gasteiger partial charge in [0.2, 0.25) is 11.7 Å². The highest BCUT2D eigenvalue weighted by molar-refractivity contribution is 5.56. The van der Waals surface area contributed by atoms with Crippen LogP contribution in [0.2, 0.25) is 0 Å². The monoisotopic (exact) mass is 318 g/mol. The molecule has 0 radical (unpaired) electrons. The number of benzene rings is 1. The molecule has 1 aromatic heterocycles. The highest BCUT2D eigenvalue weighted by Crippen LogP contribution is 2.20. The summed E-state index contributed by atoms with van der Waals surface area (Å²) in [5.41, 5.74) is 0.739. The Hall–Kier alpha value is -2.28. The fourth-order valence-electron chi connectivity index (χ4n) is 2.40. The third-order valence-corrected chi connectivity index (χ3v) is 3.75. The molecule has 7 heteroatoms. The van der Waals surface area contributed by atoms with Gasteiger partial charge in [-0.25, -0.2) is 0 Å². The molecule has 0 N–H and O–H groups in total. The molecule has 0 saturated carbocycles. The van der Waals surface area contributed by atoms with Gasteiger partial charge in [0, 0.05) is 23.7 Å². The van der Waals surface area contributed by atoms with Crippen LogP contribution in [-0.2, 0) is 6.54 Å². The SMILES string of the molecule is CC(C)C[C@H](C)N(C)Cc1nc(-c2ccc([N+](=O)[O-])cc2)no1. The Labute approximate surface area is 135 Å². The van der Waals surface area contributed by atoms with Crippen molar-refractivity contribution >= 4 is 5.69 Å². The largest absolute Gasteiger partial charge is 0.338 e. The molecule has 2 rings (SSSR count). The maximum Gasteiger partial charge on any atom is 0.269 e. The number of hydrogen-bond acceptors (Lipinski definition) is 6. The van der Waals surface area contributed by atoms with Gasteiger partial charge in [-0.2, -0.15) is 4.98 Å². The Kier molecular flexibility index (Phi) is 5.44. The number of aromatic nitrogens is 2. The van der Waals surface area contributed by atoms with E-state index in [4.69, 9.17) is 4.52 Å². The van der Waals surface area contributed by atoms with Gasteiger partial charge in [-0.3, -0.25) is 15.0 Å². The minimum absolute atomic E-state index is 0.0414. The molecule has 0 fully saturated rings. The van der Waals surface area contributed by atoms with E-state index >= 15 is 0 Å². The molecular formula is C16H22N4O3. The van der Waals surface area contributed by atoms with Crippen LogP contribution in [0.15, 0.2) is 28.8 Å². The summed E-state index contributed by atoms with van der Waals surface area (Å²) in [6.45, 7) is 7.15. The second kappa shape index (κ2) is 7.32. The molecule has 0 spiro atoms. The fourth-order valence-corrected chi connectivity index (χ4v) is 2.40. The van der Waals surface area contributed by atoms with Gasteiger partial charge in [-0.1, -0.05) is 19.0 Å². The van der Waals surface area contributed by atoms with Crippen LogP contribution in [0.4, 0.5) is 5.69 Å². The van der Waals surface area contributed by atoms with Crippen LogP contribution in [0.25, 0.3) is 11.4 Å². The Morgan fingerprint density at radius 2 is 1.91 bits per heavy atom. The van der Waals surface area contributed by atoms with Crippen LogP contribution in [-0.4, -0.2) is 33.1 Å². The Morgan fingerprint density at radius 1 is 1.26 bits per heavy atom.